The molecule has 2 aromatic rings. The van der Waals surface area contributed by atoms with Crippen molar-refractivity contribution in [3.05, 3.63) is 55.9 Å². The lowest BCUT2D eigenvalue weighted by atomic mass is 10.1. The van der Waals surface area contributed by atoms with Crippen LogP contribution in [0.1, 0.15) is 11.1 Å². The van der Waals surface area contributed by atoms with Gasteiger partial charge >= 0.3 is 5.00 Å². The molecule has 0 spiro atoms. The summed E-state index contributed by atoms with van der Waals surface area (Å²) in [7, 11) is 0. The second-order valence-electron chi connectivity index (χ2n) is 4.18. The molecule has 3 rings (SSSR count). The van der Waals surface area contributed by atoms with Gasteiger partial charge in [0.15, 0.2) is 0 Å². The van der Waals surface area contributed by atoms with Gasteiger partial charge in [0.25, 0.3) is 5.91 Å². The van der Waals surface area contributed by atoms with E-state index in [1.807, 2.05) is 0 Å². The first-order valence-corrected chi connectivity index (χ1v) is 6.86. The van der Waals surface area contributed by atoms with Crippen LogP contribution in [0.25, 0.3) is 11.6 Å². The van der Waals surface area contributed by atoms with Gasteiger partial charge in [-0.3, -0.25) is 14.9 Å². The Hall–Kier alpha value is -2.18. The van der Waals surface area contributed by atoms with E-state index in [1.54, 1.807) is 29.7 Å². The summed E-state index contributed by atoms with van der Waals surface area (Å²) in [5, 5.41) is 15.6. The molecule has 7 heteroatoms. The first kappa shape index (κ1) is 12.8. The molecule has 1 amide bonds. The molecule has 1 aromatic carbocycles. The summed E-state index contributed by atoms with van der Waals surface area (Å²) in [6.07, 6.45) is 1.64. The third-order valence-corrected chi connectivity index (χ3v) is 3.99. The summed E-state index contributed by atoms with van der Waals surface area (Å²) < 4.78 is 0. The maximum absolute atomic E-state index is 11.9. The summed E-state index contributed by atoms with van der Waals surface area (Å²) in [6, 6.07) is 6.57. The van der Waals surface area contributed by atoms with E-state index in [2.05, 4.69) is 5.32 Å². The quantitative estimate of drug-likeness (QED) is 0.521. The lowest BCUT2D eigenvalue weighted by molar-refractivity contribution is -0.380. The van der Waals surface area contributed by atoms with Gasteiger partial charge in [-0.05, 0) is 23.8 Å². The minimum Gasteiger partial charge on any atom is -0.321 e. The fourth-order valence-corrected chi connectivity index (χ4v) is 2.84. The lowest BCUT2D eigenvalue weighted by Gasteiger charge is -1.97. The van der Waals surface area contributed by atoms with Crippen molar-refractivity contribution in [2.24, 2.45) is 0 Å². The van der Waals surface area contributed by atoms with Gasteiger partial charge in [-0.25, -0.2) is 0 Å². The number of benzene rings is 1. The Kier molecular flexibility index (Phi) is 3.04. The van der Waals surface area contributed by atoms with Gasteiger partial charge < -0.3 is 5.32 Å². The molecule has 0 fully saturated rings. The molecule has 100 valence electrons. The van der Waals surface area contributed by atoms with Gasteiger partial charge in [0.1, 0.15) is 0 Å². The Morgan fingerprint density at radius 2 is 2.15 bits per heavy atom. The smallest absolute Gasteiger partial charge is 0.321 e. The van der Waals surface area contributed by atoms with E-state index >= 15 is 0 Å². The number of amides is 1. The molecule has 0 atom stereocenters. The highest BCUT2D eigenvalue weighted by Gasteiger charge is 2.24. The van der Waals surface area contributed by atoms with E-state index in [4.69, 9.17) is 11.6 Å². The van der Waals surface area contributed by atoms with Crippen molar-refractivity contribution in [1.29, 1.82) is 0 Å². The highest BCUT2D eigenvalue weighted by molar-refractivity contribution is 7.13. The molecule has 0 bridgehead atoms. The largest absolute Gasteiger partial charge is 0.324 e. The first-order chi connectivity index (χ1) is 9.54. The third-order valence-electron chi connectivity index (χ3n) is 2.86. The van der Waals surface area contributed by atoms with E-state index in [0.29, 0.717) is 21.8 Å². The van der Waals surface area contributed by atoms with Crippen molar-refractivity contribution in [2.75, 3.05) is 5.32 Å². The number of rotatable bonds is 2. The van der Waals surface area contributed by atoms with Crippen molar-refractivity contribution in [3.8, 4) is 0 Å². The molecule has 0 aliphatic carbocycles. The van der Waals surface area contributed by atoms with Crippen LogP contribution in [0.15, 0.2) is 29.6 Å². The zero-order chi connectivity index (χ0) is 14.3. The topological polar surface area (TPSA) is 72.2 Å². The van der Waals surface area contributed by atoms with Crippen LogP contribution in [0.3, 0.4) is 0 Å². The van der Waals surface area contributed by atoms with Crippen molar-refractivity contribution >= 4 is 51.2 Å². The van der Waals surface area contributed by atoms with E-state index in [9.17, 15) is 14.9 Å². The van der Waals surface area contributed by atoms with Crippen LogP contribution in [-0.4, -0.2) is 10.8 Å². The number of hydrogen-bond acceptors (Lipinski definition) is 4. The normalized spacial score (nSPS) is 15.2. The van der Waals surface area contributed by atoms with Crippen LogP contribution in [0.4, 0.5) is 10.7 Å². The van der Waals surface area contributed by atoms with Crippen molar-refractivity contribution in [1.82, 2.24) is 0 Å². The van der Waals surface area contributed by atoms with Crippen LogP contribution in [0.2, 0.25) is 5.02 Å². The molecule has 1 N–H and O–H groups in total. The van der Waals surface area contributed by atoms with Gasteiger partial charge in [-0.2, -0.15) is 0 Å². The SMILES string of the molecule is O=C1Nc2cc(Cl)ccc2/C1=C\c1csc([N+](=O)[O-])c1. The number of nitrogens with zero attached hydrogens (tertiary/aromatic N) is 1. The van der Waals surface area contributed by atoms with Gasteiger partial charge in [-0.1, -0.05) is 29.0 Å². The molecule has 0 saturated heterocycles. The molecule has 0 radical (unpaired) electrons. The van der Waals surface area contributed by atoms with Crippen molar-refractivity contribution in [2.45, 2.75) is 0 Å². The molecule has 0 unspecified atom stereocenters. The lowest BCUT2D eigenvalue weighted by Crippen LogP contribution is -2.03. The standard InChI is InChI=1S/C13H7ClN2O3S/c14-8-1-2-9-10(13(17)15-11(9)5-8)3-7-4-12(16(18)19)20-6-7/h1-6H,(H,15,17)/b10-3+. The summed E-state index contributed by atoms with van der Waals surface area (Å²) in [4.78, 5) is 22.1. The monoisotopic (exact) mass is 306 g/mol. The molecule has 1 aliphatic heterocycles. The van der Waals surface area contributed by atoms with Crippen molar-refractivity contribution in [3.63, 3.8) is 0 Å². The Morgan fingerprint density at radius 1 is 1.35 bits per heavy atom. The van der Waals surface area contributed by atoms with Gasteiger partial charge in [-0.15, -0.1) is 0 Å². The molecule has 5 nitrogen and oxygen atoms in total. The predicted octanol–water partition coefficient (Wildman–Crippen LogP) is 3.80. The van der Waals surface area contributed by atoms with Crippen LogP contribution >= 0.6 is 22.9 Å². The van der Waals surface area contributed by atoms with Gasteiger partial charge in [0.05, 0.1) is 10.6 Å². The summed E-state index contributed by atoms with van der Waals surface area (Å²) >= 11 is 6.90. The minimum absolute atomic E-state index is 0.0478. The highest BCUT2D eigenvalue weighted by Crippen LogP contribution is 2.35. The Balaban J connectivity index is 2.03. The number of anilines is 1. The molecule has 2 heterocycles. The predicted molar refractivity (Wildman–Crippen MR) is 78.9 cm³/mol. The summed E-state index contributed by atoms with van der Waals surface area (Å²) in [5.74, 6) is -0.240. The molecule has 1 aliphatic rings. The number of nitrogens with one attached hydrogen (secondary N) is 1. The van der Waals surface area contributed by atoms with Gasteiger partial charge in [0.2, 0.25) is 0 Å². The molecular weight excluding hydrogens is 300 g/mol. The zero-order valence-electron chi connectivity index (χ0n) is 9.92. The molecule has 20 heavy (non-hydrogen) atoms. The maximum Gasteiger partial charge on any atom is 0.324 e. The van der Waals surface area contributed by atoms with Crippen molar-refractivity contribution < 1.29 is 9.72 Å². The van der Waals surface area contributed by atoms with Crippen LogP contribution < -0.4 is 5.32 Å². The Labute approximate surface area is 122 Å². The average molecular weight is 307 g/mol. The van der Waals surface area contributed by atoms with E-state index < -0.39 is 4.92 Å². The van der Waals surface area contributed by atoms with Crippen LogP contribution in [0, 0.1) is 10.1 Å². The fraction of sp³-hybridized carbons (Fsp3) is 0. The number of carbonyl (C=O) groups excluding carboxylic acids is 1. The second-order valence-corrected chi connectivity index (χ2v) is 5.50. The number of halogens is 1. The van der Waals surface area contributed by atoms with E-state index in [0.717, 1.165) is 16.9 Å². The van der Waals surface area contributed by atoms with Gasteiger partial charge in [0, 0.05) is 27.6 Å². The maximum atomic E-state index is 11.9. The number of thiophene rings is 1. The summed E-state index contributed by atoms with van der Waals surface area (Å²) in [5.41, 5.74) is 2.51. The number of carbonyl (C=O) groups is 1. The fourth-order valence-electron chi connectivity index (χ4n) is 1.99. The van der Waals surface area contributed by atoms with E-state index in [1.165, 1.54) is 6.07 Å². The molecular formula is C13H7ClN2O3S. The Morgan fingerprint density at radius 3 is 2.85 bits per heavy atom. The third kappa shape index (κ3) is 2.19. The van der Waals surface area contributed by atoms with E-state index in [-0.39, 0.29) is 10.9 Å². The van der Waals surface area contributed by atoms with Crippen LogP contribution in [0.5, 0.6) is 0 Å². The average Bonchev–Trinajstić information content (AvgIpc) is 2.96. The summed E-state index contributed by atoms with van der Waals surface area (Å²) in [6.45, 7) is 0. The second kappa shape index (κ2) is 4.73. The zero-order valence-corrected chi connectivity index (χ0v) is 11.5. The number of fused-ring (bicyclic) bond motifs is 1. The molecule has 0 saturated carbocycles. The Bertz CT molecular complexity index is 767. The molecule has 1 aromatic heterocycles. The minimum atomic E-state index is -0.449. The highest BCUT2D eigenvalue weighted by atomic mass is 35.5. The number of hydrogen-bond donors (Lipinski definition) is 1. The number of nitro groups is 1. The first-order valence-electron chi connectivity index (χ1n) is 5.60. The van der Waals surface area contributed by atoms with Crippen LogP contribution in [-0.2, 0) is 4.79 Å².